The number of amides is 1. The molecular formula is C29H30N2O3. The Bertz CT molecular complexity index is 1300. The molecule has 1 atom stereocenters. The van der Waals surface area contributed by atoms with Gasteiger partial charge in [0, 0.05) is 23.6 Å². The van der Waals surface area contributed by atoms with Gasteiger partial charge in [-0.15, -0.1) is 0 Å². The molecule has 0 saturated carbocycles. The lowest BCUT2D eigenvalue weighted by atomic mass is 9.84. The van der Waals surface area contributed by atoms with Crippen molar-refractivity contribution < 1.29 is 14.7 Å². The number of carbonyl (C=O) groups excluding carboxylic acids is 2. The number of aryl methyl sites for hydroxylation is 3. The van der Waals surface area contributed by atoms with Crippen molar-refractivity contribution >= 4 is 23.1 Å². The molecule has 4 rings (SSSR count). The second-order valence-corrected chi connectivity index (χ2v) is 10.1. The molecule has 1 aromatic heterocycles. The van der Waals surface area contributed by atoms with E-state index in [0.29, 0.717) is 16.8 Å². The van der Waals surface area contributed by atoms with E-state index in [0.717, 1.165) is 22.3 Å². The normalized spacial score (nSPS) is 17.9. The number of pyridine rings is 1. The summed E-state index contributed by atoms with van der Waals surface area (Å²) in [5, 5.41) is 11.5. The summed E-state index contributed by atoms with van der Waals surface area (Å²) in [6, 6.07) is 14.5. The minimum atomic E-state index is -0.785. The van der Waals surface area contributed by atoms with E-state index < -0.39 is 17.7 Å². The summed E-state index contributed by atoms with van der Waals surface area (Å²) in [5.41, 5.74) is 5.59. The lowest BCUT2D eigenvalue weighted by molar-refractivity contribution is -0.132. The Hall–Kier alpha value is -3.73. The Balaban J connectivity index is 1.99. The van der Waals surface area contributed by atoms with Gasteiger partial charge in [0.05, 0.1) is 11.6 Å². The summed E-state index contributed by atoms with van der Waals surface area (Å²) in [7, 11) is 0. The molecule has 2 heterocycles. The molecule has 1 fully saturated rings. The van der Waals surface area contributed by atoms with E-state index in [9.17, 15) is 14.7 Å². The van der Waals surface area contributed by atoms with Crippen LogP contribution in [0, 0.1) is 20.8 Å². The average Bonchev–Trinajstić information content (AvgIpc) is 3.03. The van der Waals surface area contributed by atoms with Gasteiger partial charge < -0.3 is 5.11 Å². The first-order valence-electron chi connectivity index (χ1n) is 11.4. The molecule has 0 bridgehead atoms. The number of aromatic nitrogens is 1. The maximum Gasteiger partial charge on any atom is 0.300 e. The van der Waals surface area contributed by atoms with Crippen LogP contribution in [0.4, 0.5) is 5.69 Å². The van der Waals surface area contributed by atoms with Crippen LogP contribution in [0.3, 0.4) is 0 Å². The molecule has 0 aliphatic carbocycles. The SMILES string of the molecule is Cc1cc(C)cc(N2C(=O)C(=O)/C(=C(/O)c3cc(C(C)(C)C)ccc3C)C2c2cccnc2)c1. The van der Waals surface area contributed by atoms with Crippen molar-refractivity contribution in [2.24, 2.45) is 0 Å². The standard InChI is InChI=1S/C29H30N2O3/c1-17-12-18(2)14-22(13-17)31-25(20-8-7-11-30-16-20)24(27(33)28(31)34)26(32)23-15-21(29(4,5)6)10-9-19(23)3/h7-16,25,32H,1-6H3/b26-24+. The largest absolute Gasteiger partial charge is 0.507 e. The van der Waals surface area contributed by atoms with Gasteiger partial charge >= 0.3 is 0 Å². The summed E-state index contributed by atoms with van der Waals surface area (Å²) in [6.07, 6.45) is 3.28. The fraction of sp³-hybridized carbons (Fsp3) is 0.276. The van der Waals surface area contributed by atoms with Crippen LogP contribution in [0.15, 0.2) is 66.5 Å². The number of benzene rings is 2. The first-order valence-corrected chi connectivity index (χ1v) is 11.4. The quantitative estimate of drug-likeness (QED) is 0.302. The number of hydrogen-bond acceptors (Lipinski definition) is 4. The first kappa shape index (κ1) is 23.4. The van der Waals surface area contributed by atoms with Gasteiger partial charge in [-0.1, -0.05) is 45.0 Å². The second-order valence-electron chi connectivity index (χ2n) is 10.1. The molecule has 0 radical (unpaired) electrons. The number of carbonyl (C=O) groups is 2. The van der Waals surface area contributed by atoms with Crippen LogP contribution < -0.4 is 4.90 Å². The summed E-state index contributed by atoms with van der Waals surface area (Å²) < 4.78 is 0. The molecule has 1 aliphatic rings. The van der Waals surface area contributed by atoms with Gasteiger partial charge in [-0.25, -0.2) is 0 Å². The lowest BCUT2D eigenvalue weighted by Crippen LogP contribution is -2.29. The van der Waals surface area contributed by atoms with Crippen LogP contribution in [0.2, 0.25) is 0 Å². The molecule has 1 saturated heterocycles. The van der Waals surface area contributed by atoms with Gasteiger partial charge in [-0.3, -0.25) is 19.5 Å². The van der Waals surface area contributed by atoms with Crippen LogP contribution in [0.1, 0.15) is 60.2 Å². The highest BCUT2D eigenvalue weighted by atomic mass is 16.3. The minimum Gasteiger partial charge on any atom is -0.507 e. The zero-order valence-corrected chi connectivity index (χ0v) is 20.5. The first-order chi connectivity index (χ1) is 16.0. The van der Waals surface area contributed by atoms with E-state index in [2.05, 4.69) is 25.8 Å². The number of aliphatic hydroxyl groups excluding tert-OH is 1. The highest BCUT2D eigenvalue weighted by molar-refractivity contribution is 6.51. The minimum absolute atomic E-state index is 0.0753. The van der Waals surface area contributed by atoms with Crippen LogP contribution in [-0.2, 0) is 15.0 Å². The summed E-state index contributed by atoms with van der Waals surface area (Å²) in [5.74, 6) is -1.53. The van der Waals surface area contributed by atoms with Gasteiger partial charge in [-0.05, 0) is 78.3 Å². The predicted molar refractivity (Wildman–Crippen MR) is 135 cm³/mol. The molecule has 5 heteroatoms. The fourth-order valence-electron chi connectivity index (χ4n) is 4.53. The van der Waals surface area contributed by atoms with Crippen LogP contribution in [-0.4, -0.2) is 21.8 Å². The number of rotatable bonds is 3. The molecule has 1 aliphatic heterocycles. The molecular weight excluding hydrogens is 424 g/mol. The molecule has 1 unspecified atom stereocenters. The maximum atomic E-state index is 13.4. The van der Waals surface area contributed by atoms with Crippen molar-refractivity contribution in [1.29, 1.82) is 0 Å². The number of nitrogens with zero attached hydrogens (tertiary/aromatic N) is 2. The fourth-order valence-corrected chi connectivity index (χ4v) is 4.53. The van der Waals surface area contributed by atoms with Crippen molar-refractivity contribution in [2.45, 2.75) is 53.0 Å². The van der Waals surface area contributed by atoms with Crippen molar-refractivity contribution in [3.05, 3.63) is 99.9 Å². The Morgan fingerprint density at radius 3 is 2.24 bits per heavy atom. The smallest absolute Gasteiger partial charge is 0.300 e. The van der Waals surface area contributed by atoms with Gasteiger partial charge in [0.15, 0.2) is 0 Å². The van der Waals surface area contributed by atoms with Crippen molar-refractivity contribution in [3.8, 4) is 0 Å². The van der Waals surface area contributed by atoms with Crippen LogP contribution >= 0.6 is 0 Å². The highest BCUT2D eigenvalue weighted by Crippen LogP contribution is 2.43. The van der Waals surface area contributed by atoms with Gasteiger partial charge in [0.1, 0.15) is 5.76 Å². The van der Waals surface area contributed by atoms with Crippen molar-refractivity contribution in [3.63, 3.8) is 0 Å². The molecule has 5 nitrogen and oxygen atoms in total. The monoisotopic (exact) mass is 454 g/mol. The number of ketones is 1. The third-order valence-corrected chi connectivity index (χ3v) is 6.29. The third-order valence-electron chi connectivity index (χ3n) is 6.29. The molecule has 0 spiro atoms. The lowest BCUT2D eigenvalue weighted by Gasteiger charge is -2.26. The molecule has 2 aromatic carbocycles. The second kappa shape index (κ2) is 8.56. The summed E-state index contributed by atoms with van der Waals surface area (Å²) in [4.78, 5) is 32.5. The molecule has 1 N–H and O–H groups in total. The topological polar surface area (TPSA) is 70.5 Å². The molecule has 3 aromatic rings. The van der Waals surface area contributed by atoms with Crippen LogP contribution in [0.25, 0.3) is 5.76 Å². The van der Waals surface area contributed by atoms with Crippen molar-refractivity contribution in [1.82, 2.24) is 4.98 Å². The van der Waals surface area contributed by atoms with Gasteiger partial charge in [-0.2, -0.15) is 0 Å². The Morgan fingerprint density at radius 2 is 1.65 bits per heavy atom. The number of hydrogen-bond donors (Lipinski definition) is 1. The number of Topliss-reactive ketones (excluding diaryl/α,β-unsaturated/α-hetero) is 1. The Labute approximate surface area is 200 Å². The summed E-state index contributed by atoms with van der Waals surface area (Å²) in [6.45, 7) is 12.1. The average molecular weight is 455 g/mol. The van der Waals surface area contributed by atoms with E-state index in [1.807, 2.05) is 63.2 Å². The summed E-state index contributed by atoms with van der Waals surface area (Å²) >= 11 is 0. The zero-order valence-electron chi connectivity index (χ0n) is 20.5. The van der Waals surface area contributed by atoms with E-state index >= 15 is 0 Å². The van der Waals surface area contributed by atoms with Crippen molar-refractivity contribution in [2.75, 3.05) is 4.90 Å². The van der Waals surface area contributed by atoms with Gasteiger partial charge in [0.25, 0.3) is 11.7 Å². The predicted octanol–water partition coefficient (Wildman–Crippen LogP) is 5.93. The zero-order chi connectivity index (χ0) is 24.8. The molecule has 174 valence electrons. The molecule has 34 heavy (non-hydrogen) atoms. The van der Waals surface area contributed by atoms with E-state index in [4.69, 9.17) is 0 Å². The Morgan fingerprint density at radius 1 is 0.971 bits per heavy atom. The highest BCUT2D eigenvalue weighted by Gasteiger charge is 2.47. The number of aliphatic hydroxyl groups is 1. The van der Waals surface area contributed by atoms with E-state index in [-0.39, 0.29) is 16.7 Å². The number of anilines is 1. The van der Waals surface area contributed by atoms with Gasteiger partial charge in [0.2, 0.25) is 0 Å². The Kier molecular flexibility index (Phi) is 5.90. The van der Waals surface area contributed by atoms with E-state index in [1.54, 1.807) is 18.5 Å². The maximum absolute atomic E-state index is 13.4. The third kappa shape index (κ3) is 4.14. The molecule has 1 amide bonds. The van der Waals surface area contributed by atoms with Crippen LogP contribution in [0.5, 0.6) is 0 Å². The van der Waals surface area contributed by atoms with E-state index in [1.165, 1.54) is 4.90 Å².